The third kappa shape index (κ3) is 4.51. The van der Waals surface area contributed by atoms with E-state index in [0.29, 0.717) is 24.1 Å². The molecule has 1 amide bonds. The van der Waals surface area contributed by atoms with Crippen molar-refractivity contribution in [2.24, 2.45) is 13.0 Å². The van der Waals surface area contributed by atoms with Gasteiger partial charge in [0.2, 0.25) is 11.8 Å². The second kappa shape index (κ2) is 8.92. The fraction of sp³-hybridized carbons (Fsp3) is 0.409. The first-order chi connectivity index (χ1) is 14.5. The van der Waals surface area contributed by atoms with Gasteiger partial charge < -0.3 is 18.9 Å². The Morgan fingerprint density at radius 1 is 1.27 bits per heavy atom. The number of carbonyl (C=O) groups excluding carboxylic acids is 1. The average Bonchev–Trinajstić information content (AvgIpc) is 3.28. The Morgan fingerprint density at radius 2 is 2.07 bits per heavy atom. The van der Waals surface area contributed by atoms with Crippen molar-refractivity contribution in [3.63, 3.8) is 0 Å². The molecule has 3 aromatic rings. The van der Waals surface area contributed by atoms with Gasteiger partial charge in [0.25, 0.3) is 0 Å². The number of pyridine rings is 1. The third-order valence-corrected chi connectivity index (χ3v) is 5.71. The van der Waals surface area contributed by atoms with Crippen LogP contribution in [0.2, 0.25) is 5.15 Å². The Balaban J connectivity index is 1.28. The molecule has 0 aliphatic carbocycles. The summed E-state index contributed by atoms with van der Waals surface area (Å²) in [5.74, 6) is 1.82. The van der Waals surface area contributed by atoms with E-state index in [1.807, 2.05) is 40.8 Å². The van der Waals surface area contributed by atoms with Gasteiger partial charge in [-0.2, -0.15) is 4.98 Å². The molecule has 0 saturated carbocycles. The van der Waals surface area contributed by atoms with E-state index in [-0.39, 0.29) is 11.8 Å². The number of halogens is 1. The molecule has 2 aromatic heterocycles. The molecule has 1 saturated heterocycles. The van der Waals surface area contributed by atoms with Crippen molar-refractivity contribution in [3.8, 4) is 11.6 Å². The van der Waals surface area contributed by atoms with Crippen LogP contribution in [0.1, 0.15) is 18.4 Å². The molecular formula is C22H25ClN4O3. The van der Waals surface area contributed by atoms with Gasteiger partial charge >= 0.3 is 0 Å². The summed E-state index contributed by atoms with van der Waals surface area (Å²) in [5, 5.41) is 0.358. The van der Waals surface area contributed by atoms with Gasteiger partial charge in [-0.1, -0.05) is 23.7 Å². The molecule has 4 rings (SSSR count). The molecule has 8 heteroatoms. The predicted molar refractivity (Wildman–Crippen MR) is 115 cm³/mol. The quantitative estimate of drug-likeness (QED) is 0.514. The Hall–Kier alpha value is -2.80. The van der Waals surface area contributed by atoms with Crippen molar-refractivity contribution < 1.29 is 14.3 Å². The number of aromatic nitrogens is 3. The Labute approximate surface area is 180 Å². The fourth-order valence-corrected chi connectivity index (χ4v) is 4.03. The average molecular weight is 429 g/mol. The van der Waals surface area contributed by atoms with Crippen LogP contribution in [0.25, 0.3) is 11.0 Å². The van der Waals surface area contributed by atoms with Crippen molar-refractivity contribution in [3.05, 3.63) is 47.4 Å². The first-order valence-corrected chi connectivity index (χ1v) is 10.4. The van der Waals surface area contributed by atoms with E-state index in [2.05, 4.69) is 9.97 Å². The van der Waals surface area contributed by atoms with Crippen molar-refractivity contribution in [1.29, 1.82) is 0 Å². The molecule has 0 bridgehead atoms. The molecule has 1 aliphatic heterocycles. The van der Waals surface area contributed by atoms with Crippen LogP contribution in [-0.2, 0) is 18.3 Å². The van der Waals surface area contributed by atoms with E-state index in [9.17, 15) is 4.79 Å². The molecule has 30 heavy (non-hydrogen) atoms. The fourth-order valence-electron chi connectivity index (χ4n) is 3.85. The summed E-state index contributed by atoms with van der Waals surface area (Å²) in [4.78, 5) is 22.9. The highest BCUT2D eigenvalue weighted by atomic mass is 35.5. The lowest BCUT2D eigenvalue weighted by atomic mass is 10.1. The van der Waals surface area contributed by atoms with E-state index in [4.69, 9.17) is 21.1 Å². The number of rotatable bonds is 8. The minimum atomic E-state index is 0.211. The number of hydrogen-bond acceptors (Lipinski definition) is 5. The molecule has 0 spiro atoms. The standard InChI is InChI=1S/C22H25ClN4O3/c1-26-14-24-18-12-19(23)25-22(21(18)26)30-10-8-16-11-20(28)27(13-16)9-7-15-3-5-17(29-2)6-4-15/h3-6,12,14,16H,7-11,13H2,1-2H3/t16-/m1/s1. The number of aryl methyl sites for hydroxylation is 1. The van der Waals surface area contributed by atoms with E-state index in [1.165, 1.54) is 5.56 Å². The molecule has 1 atom stereocenters. The van der Waals surface area contributed by atoms with Crippen LogP contribution in [-0.4, -0.2) is 52.1 Å². The number of imidazole rings is 1. The number of benzene rings is 1. The van der Waals surface area contributed by atoms with Crippen LogP contribution in [0.4, 0.5) is 0 Å². The zero-order chi connectivity index (χ0) is 21.1. The van der Waals surface area contributed by atoms with Gasteiger partial charge in [-0.15, -0.1) is 0 Å². The summed E-state index contributed by atoms with van der Waals surface area (Å²) in [7, 11) is 3.55. The lowest BCUT2D eigenvalue weighted by Crippen LogP contribution is -2.27. The zero-order valence-corrected chi connectivity index (χ0v) is 17.9. The lowest BCUT2D eigenvalue weighted by molar-refractivity contribution is -0.127. The van der Waals surface area contributed by atoms with Gasteiger partial charge in [-0.25, -0.2) is 4.98 Å². The van der Waals surface area contributed by atoms with E-state index >= 15 is 0 Å². The number of methoxy groups -OCH3 is 1. The summed E-state index contributed by atoms with van der Waals surface area (Å²) in [6.07, 6.45) is 3.91. The minimum absolute atomic E-state index is 0.211. The summed E-state index contributed by atoms with van der Waals surface area (Å²) in [6.45, 7) is 1.98. The third-order valence-electron chi connectivity index (χ3n) is 5.52. The van der Waals surface area contributed by atoms with Crippen LogP contribution in [0, 0.1) is 5.92 Å². The molecule has 3 heterocycles. The normalized spacial score (nSPS) is 16.4. The summed E-state index contributed by atoms with van der Waals surface area (Å²) < 4.78 is 13.0. The van der Waals surface area contributed by atoms with Crippen LogP contribution in [0.3, 0.4) is 0 Å². The van der Waals surface area contributed by atoms with E-state index in [1.54, 1.807) is 19.5 Å². The second-order valence-corrected chi connectivity index (χ2v) is 8.01. The Kier molecular flexibility index (Phi) is 6.08. The van der Waals surface area contributed by atoms with Crippen LogP contribution in [0.15, 0.2) is 36.7 Å². The first-order valence-electron chi connectivity index (χ1n) is 10.0. The van der Waals surface area contributed by atoms with E-state index < -0.39 is 0 Å². The molecule has 158 valence electrons. The van der Waals surface area contributed by atoms with Crippen LogP contribution in [0.5, 0.6) is 11.6 Å². The topological polar surface area (TPSA) is 69.5 Å². The number of carbonyl (C=O) groups is 1. The smallest absolute Gasteiger partial charge is 0.241 e. The highest BCUT2D eigenvalue weighted by Gasteiger charge is 2.29. The maximum Gasteiger partial charge on any atom is 0.241 e. The van der Waals surface area contributed by atoms with Crippen molar-refractivity contribution in [1.82, 2.24) is 19.4 Å². The summed E-state index contributed by atoms with van der Waals surface area (Å²) in [5.41, 5.74) is 2.78. The predicted octanol–water partition coefficient (Wildman–Crippen LogP) is 3.49. The molecular weight excluding hydrogens is 404 g/mol. The maximum absolute atomic E-state index is 12.4. The second-order valence-electron chi connectivity index (χ2n) is 7.62. The number of ether oxygens (including phenoxy) is 2. The van der Waals surface area contributed by atoms with Crippen molar-refractivity contribution >= 4 is 28.5 Å². The highest BCUT2D eigenvalue weighted by molar-refractivity contribution is 6.30. The first kappa shape index (κ1) is 20.5. The lowest BCUT2D eigenvalue weighted by Gasteiger charge is -2.17. The van der Waals surface area contributed by atoms with Gasteiger partial charge in [0.15, 0.2) is 0 Å². The number of nitrogens with zero attached hydrogens (tertiary/aromatic N) is 4. The summed E-state index contributed by atoms with van der Waals surface area (Å²) in [6, 6.07) is 9.71. The maximum atomic E-state index is 12.4. The number of fused-ring (bicyclic) bond motifs is 1. The summed E-state index contributed by atoms with van der Waals surface area (Å²) >= 11 is 6.08. The van der Waals surface area contributed by atoms with Crippen molar-refractivity contribution in [2.45, 2.75) is 19.3 Å². The van der Waals surface area contributed by atoms with Crippen LogP contribution < -0.4 is 9.47 Å². The van der Waals surface area contributed by atoms with E-state index in [0.717, 1.165) is 42.7 Å². The molecule has 1 fully saturated rings. The highest BCUT2D eigenvalue weighted by Crippen LogP contribution is 2.27. The van der Waals surface area contributed by atoms with Gasteiger partial charge in [-0.05, 0) is 36.5 Å². The number of likely N-dealkylation sites (tertiary alicyclic amines) is 1. The zero-order valence-electron chi connectivity index (χ0n) is 17.2. The molecule has 1 aliphatic rings. The Morgan fingerprint density at radius 3 is 2.83 bits per heavy atom. The van der Waals surface area contributed by atoms with Gasteiger partial charge in [0, 0.05) is 32.6 Å². The molecule has 7 nitrogen and oxygen atoms in total. The molecule has 1 aromatic carbocycles. The van der Waals surface area contributed by atoms with Gasteiger partial charge in [0.1, 0.15) is 16.4 Å². The van der Waals surface area contributed by atoms with Crippen molar-refractivity contribution in [2.75, 3.05) is 26.8 Å². The number of hydrogen-bond donors (Lipinski definition) is 0. The minimum Gasteiger partial charge on any atom is -0.497 e. The van der Waals surface area contributed by atoms with Crippen LogP contribution >= 0.6 is 11.6 Å². The molecule has 0 unspecified atom stereocenters. The number of amides is 1. The monoisotopic (exact) mass is 428 g/mol. The van der Waals surface area contributed by atoms with Gasteiger partial charge in [0.05, 0.1) is 25.6 Å². The van der Waals surface area contributed by atoms with Gasteiger partial charge in [-0.3, -0.25) is 4.79 Å². The largest absolute Gasteiger partial charge is 0.497 e. The molecule has 0 N–H and O–H groups in total. The Bertz CT molecular complexity index is 1030. The molecule has 0 radical (unpaired) electrons. The SMILES string of the molecule is COc1ccc(CCN2C[C@H](CCOc3nc(Cl)cc4ncn(C)c34)CC2=O)cc1.